The highest BCUT2D eigenvalue weighted by atomic mass is 35.5. The van der Waals surface area contributed by atoms with E-state index in [2.05, 4.69) is 0 Å². The van der Waals surface area contributed by atoms with Gasteiger partial charge in [-0.25, -0.2) is 0 Å². The molecule has 23 heavy (non-hydrogen) atoms. The Labute approximate surface area is 143 Å². The van der Waals surface area contributed by atoms with Crippen LogP contribution in [0.2, 0.25) is 5.02 Å². The maximum absolute atomic E-state index is 12.8. The van der Waals surface area contributed by atoms with Crippen molar-refractivity contribution in [2.45, 2.75) is 51.5 Å². The minimum Gasteiger partial charge on any atom is -0.493 e. The fourth-order valence-electron chi connectivity index (χ4n) is 3.14. The third kappa shape index (κ3) is 4.31. The summed E-state index contributed by atoms with van der Waals surface area (Å²) in [4.78, 5) is 14.7. The van der Waals surface area contributed by atoms with E-state index >= 15 is 0 Å². The molecule has 4 nitrogen and oxygen atoms in total. The third-order valence-corrected chi connectivity index (χ3v) is 4.74. The van der Waals surface area contributed by atoms with Gasteiger partial charge in [-0.3, -0.25) is 4.79 Å². The molecule has 0 spiro atoms. The van der Waals surface area contributed by atoms with Crippen molar-refractivity contribution in [1.29, 1.82) is 0 Å². The van der Waals surface area contributed by atoms with Gasteiger partial charge in [-0.2, -0.15) is 0 Å². The number of amides is 1. The molecule has 0 radical (unpaired) electrons. The largest absolute Gasteiger partial charge is 0.493 e. The second-order valence-electron chi connectivity index (χ2n) is 5.98. The van der Waals surface area contributed by atoms with Gasteiger partial charge in [0.1, 0.15) is 0 Å². The number of ether oxygens (including phenoxy) is 2. The summed E-state index contributed by atoms with van der Waals surface area (Å²) in [6.07, 6.45) is 7.06. The summed E-state index contributed by atoms with van der Waals surface area (Å²) in [5, 5.41) is 0.406. The van der Waals surface area contributed by atoms with Crippen LogP contribution < -0.4 is 9.47 Å². The van der Waals surface area contributed by atoms with Gasteiger partial charge in [0.05, 0.1) is 18.7 Å². The van der Waals surface area contributed by atoms with E-state index in [1.54, 1.807) is 19.2 Å². The summed E-state index contributed by atoms with van der Waals surface area (Å²) < 4.78 is 10.8. The fourth-order valence-corrected chi connectivity index (χ4v) is 3.41. The van der Waals surface area contributed by atoms with Crippen molar-refractivity contribution in [3.8, 4) is 11.5 Å². The number of carbonyl (C=O) groups excluding carboxylic acids is 1. The molecule has 0 bridgehead atoms. The van der Waals surface area contributed by atoms with Crippen molar-refractivity contribution in [2.24, 2.45) is 0 Å². The Morgan fingerprint density at radius 3 is 2.48 bits per heavy atom. The standard InChI is InChI=1S/C18H26ClNO3/c1-4-23-17-15(19)11-13(12-16(17)22-3)18(21)20(2)14-9-7-5-6-8-10-14/h11-12,14H,4-10H2,1-3H3. The maximum Gasteiger partial charge on any atom is 0.254 e. The lowest BCUT2D eigenvalue weighted by atomic mass is 10.1. The highest BCUT2D eigenvalue weighted by molar-refractivity contribution is 6.32. The average Bonchev–Trinajstić information content (AvgIpc) is 2.84. The van der Waals surface area contributed by atoms with Crippen LogP contribution in [0.25, 0.3) is 0 Å². The van der Waals surface area contributed by atoms with Gasteiger partial charge >= 0.3 is 0 Å². The van der Waals surface area contributed by atoms with Crippen LogP contribution in [0, 0.1) is 0 Å². The Bertz CT molecular complexity index is 539. The molecule has 0 N–H and O–H groups in total. The summed E-state index contributed by atoms with van der Waals surface area (Å²) in [5.41, 5.74) is 0.544. The van der Waals surface area contributed by atoms with Crippen molar-refractivity contribution in [1.82, 2.24) is 4.90 Å². The lowest BCUT2D eigenvalue weighted by molar-refractivity contribution is 0.0717. The van der Waals surface area contributed by atoms with E-state index in [1.807, 2.05) is 18.9 Å². The number of hydrogen-bond donors (Lipinski definition) is 0. The molecule has 128 valence electrons. The maximum atomic E-state index is 12.8. The fraction of sp³-hybridized carbons (Fsp3) is 0.611. The number of halogens is 1. The lowest BCUT2D eigenvalue weighted by Gasteiger charge is -2.27. The molecule has 1 fully saturated rings. The van der Waals surface area contributed by atoms with Crippen LogP contribution in [-0.4, -0.2) is 37.6 Å². The zero-order chi connectivity index (χ0) is 16.8. The first-order chi connectivity index (χ1) is 11.1. The molecule has 1 saturated carbocycles. The van der Waals surface area contributed by atoms with E-state index in [9.17, 15) is 4.79 Å². The number of hydrogen-bond acceptors (Lipinski definition) is 3. The molecule has 0 saturated heterocycles. The molecule has 1 aliphatic carbocycles. The molecule has 5 heteroatoms. The summed E-state index contributed by atoms with van der Waals surface area (Å²) in [5.74, 6) is 0.974. The molecule has 0 aromatic heterocycles. The quantitative estimate of drug-likeness (QED) is 0.739. The van der Waals surface area contributed by atoms with E-state index in [-0.39, 0.29) is 5.91 Å². The van der Waals surface area contributed by atoms with Gasteiger partial charge in [0.25, 0.3) is 5.91 Å². The summed E-state index contributed by atoms with van der Waals surface area (Å²) in [7, 11) is 3.44. The van der Waals surface area contributed by atoms with Gasteiger partial charge in [-0.05, 0) is 31.9 Å². The van der Waals surface area contributed by atoms with E-state index in [0.717, 1.165) is 12.8 Å². The van der Waals surface area contributed by atoms with Gasteiger partial charge in [0.15, 0.2) is 11.5 Å². The van der Waals surface area contributed by atoms with Crippen molar-refractivity contribution < 1.29 is 14.3 Å². The van der Waals surface area contributed by atoms with Crippen LogP contribution in [-0.2, 0) is 0 Å². The first-order valence-corrected chi connectivity index (χ1v) is 8.73. The lowest BCUT2D eigenvalue weighted by Crippen LogP contribution is -2.36. The molecule has 1 amide bonds. The minimum atomic E-state index is -0.0138. The normalized spacial score (nSPS) is 15.8. The van der Waals surface area contributed by atoms with Crippen molar-refractivity contribution >= 4 is 17.5 Å². The van der Waals surface area contributed by atoms with Crippen LogP contribution in [0.15, 0.2) is 12.1 Å². The Balaban J connectivity index is 2.22. The second-order valence-corrected chi connectivity index (χ2v) is 6.39. The number of benzene rings is 1. The van der Waals surface area contributed by atoms with Crippen LogP contribution in [0.4, 0.5) is 0 Å². The van der Waals surface area contributed by atoms with Gasteiger partial charge in [-0.15, -0.1) is 0 Å². The van der Waals surface area contributed by atoms with Crippen LogP contribution in [0.5, 0.6) is 11.5 Å². The molecular formula is C18H26ClNO3. The highest BCUT2D eigenvalue weighted by Gasteiger charge is 2.24. The predicted molar refractivity (Wildman–Crippen MR) is 92.8 cm³/mol. The minimum absolute atomic E-state index is 0.0138. The first-order valence-electron chi connectivity index (χ1n) is 8.36. The van der Waals surface area contributed by atoms with E-state index in [4.69, 9.17) is 21.1 Å². The summed E-state index contributed by atoms with van der Waals surface area (Å²) in [6, 6.07) is 3.69. The predicted octanol–water partition coefficient (Wildman–Crippen LogP) is 4.54. The Morgan fingerprint density at radius 1 is 1.26 bits per heavy atom. The number of methoxy groups -OCH3 is 1. The van der Waals surface area contributed by atoms with Crippen molar-refractivity contribution in [3.05, 3.63) is 22.7 Å². The zero-order valence-corrected chi connectivity index (χ0v) is 15.0. The molecule has 2 rings (SSSR count). The summed E-state index contributed by atoms with van der Waals surface area (Å²) in [6.45, 7) is 2.38. The summed E-state index contributed by atoms with van der Waals surface area (Å²) >= 11 is 6.28. The van der Waals surface area contributed by atoms with Crippen LogP contribution in [0.3, 0.4) is 0 Å². The van der Waals surface area contributed by atoms with E-state index in [0.29, 0.717) is 34.7 Å². The van der Waals surface area contributed by atoms with Gasteiger partial charge in [0, 0.05) is 18.7 Å². The Morgan fingerprint density at radius 2 is 1.91 bits per heavy atom. The van der Waals surface area contributed by atoms with Gasteiger partial charge < -0.3 is 14.4 Å². The molecule has 0 atom stereocenters. The Kier molecular flexibility index (Phi) is 6.58. The highest BCUT2D eigenvalue weighted by Crippen LogP contribution is 2.37. The topological polar surface area (TPSA) is 38.8 Å². The number of rotatable bonds is 5. The van der Waals surface area contributed by atoms with Crippen molar-refractivity contribution in [2.75, 3.05) is 20.8 Å². The van der Waals surface area contributed by atoms with Crippen LogP contribution in [0.1, 0.15) is 55.8 Å². The molecule has 1 aromatic rings. The molecular weight excluding hydrogens is 314 g/mol. The van der Waals surface area contributed by atoms with Crippen molar-refractivity contribution in [3.63, 3.8) is 0 Å². The monoisotopic (exact) mass is 339 g/mol. The third-order valence-electron chi connectivity index (χ3n) is 4.46. The molecule has 0 unspecified atom stereocenters. The van der Waals surface area contributed by atoms with Gasteiger partial charge in [-0.1, -0.05) is 37.3 Å². The molecule has 0 aliphatic heterocycles. The SMILES string of the molecule is CCOc1c(Cl)cc(C(=O)N(C)C2CCCCCC2)cc1OC. The smallest absolute Gasteiger partial charge is 0.254 e. The zero-order valence-electron chi connectivity index (χ0n) is 14.2. The van der Waals surface area contributed by atoms with E-state index in [1.165, 1.54) is 25.7 Å². The Hall–Kier alpha value is -1.42. The molecule has 0 heterocycles. The van der Waals surface area contributed by atoms with Gasteiger partial charge in [0.2, 0.25) is 0 Å². The first kappa shape index (κ1) is 17.9. The molecule has 1 aromatic carbocycles. The second kappa shape index (κ2) is 8.44. The van der Waals surface area contributed by atoms with E-state index < -0.39 is 0 Å². The van der Waals surface area contributed by atoms with Crippen LogP contribution >= 0.6 is 11.6 Å². The number of nitrogens with zero attached hydrogens (tertiary/aromatic N) is 1. The number of carbonyl (C=O) groups is 1. The average molecular weight is 340 g/mol. The molecule has 1 aliphatic rings.